The number of rotatable bonds is 7. The molecule has 1 aliphatic rings. The summed E-state index contributed by atoms with van der Waals surface area (Å²) in [6.45, 7) is 3.84. The molecule has 3 heterocycles. The molecule has 0 radical (unpaired) electrons. The number of carbonyl (C=O) groups excluding carboxylic acids is 1. The Bertz CT molecular complexity index is 1340. The molecule has 0 atom stereocenters. The molecule has 1 saturated heterocycles. The van der Waals surface area contributed by atoms with Gasteiger partial charge in [0.15, 0.2) is 0 Å². The maximum atomic E-state index is 12.9. The Labute approximate surface area is 210 Å². The Morgan fingerprint density at radius 3 is 2.71 bits per heavy atom. The maximum Gasteiger partial charge on any atom is 0.270 e. The standard InChI is InChI=1S/C28H30ClN5O/c1-2-3-7-19-8-10-21(17-23(19)29)32-27-22-16-20(9-11-25(22)30-18-31-27)24-12-13-26(33-24)28(35)34-14-5-4-6-15-34/h8-13,16-18,33H,2-7,14-15H2,1H3,(H,30,31,32). The first-order valence-corrected chi connectivity index (χ1v) is 12.8. The fourth-order valence-electron chi connectivity index (χ4n) is 4.61. The minimum Gasteiger partial charge on any atom is -0.351 e. The van der Waals surface area contributed by atoms with Crippen LogP contribution in [0.4, 0.5) is 11.5 Å². The molecule has 2 aromatic heterocycles. The van der Waals surface area contributed by atoms with Crippen LogP contribution in [-0.2, 0) is 6.42 Å². The summed E-state index contributed by atoms with van der Waals surface area (Å²) in [4.78, 5) is 27.1. The van der Waals surface area contributed by atoms with Crippen molar-refractivity contribution < 1.29 is 4.79 Å². The van der Waals surface area contributed by atoms with Gasteiger partial charge in [-0.3, -0.25) is 4.79 Å². The number of carbonyl (C=O) groups is 1. The average Bonchev–Trinajstić information content (AvgIpc) is 3.39. The van der Waals surface area contributed by atoms with Crippen LogP contribution in [0.3, 0.4) is 0 Å². The van der Waals surface area contributed by atoms with E-state index in [1.807, 2.05) is 41.3 Å². The second-order valence-electron chi connectivity index (χ2n) is 9.13. The number of nitrogens with one attached hydrogen (secondary N) is 2. The van der Waals surface area contributed by atoms with E-state index in [4.69, 9.17) is 11.6 Å². The molecule has 5 rings (SSSR count). The van der Waals surface area contributed by atoms with E-state index >= 15 is 0 Å². The van der Waals surface area contributed by atoms with Crippen molar-refractivity contribution >= 4 is 39.9 Å². The van der Waals surface area contributed by atoms with Crippen molar-refractivity contribution in [1.29, 1.82) is 0 Å². The summed E-state index contributed by atoms with van der Waals surface area (Å²) in [5, 5.41) is 5.07. The summed E-state index contributed by atoms with van der Waals surface area (Å²) in [5.74, 6) is 0.784. The number of likely N-dealkylation sites (tertiary alicyclic amines) is 1. The van der Waals surface area contributed by atoms with Crippen molar-refractivity contribution in [2.45, 2.75) is 45.4 Å². The minimum absolute atomic E-state index is 0.0710. The zero-order valence-electron chi connectivity index (χ0n) is 20.0. The summed E-state index contributed by atoms with van der Waals surface area (Å²) in [5.41, 5.74) is 5.38. The van der Waals surface area contributed by atoms with Crippen LogP contribution in [0.15, 0.2) is 54.9 Å². The van der Waals surface area contributed by atoms with Gasteiger partial charge in [0.1, 0.15) is 17.8 Å². The van der Waals surface area contributed by atoms with E-state index in [-0.39, 0.29) is 5.91 Å². The molecule has 2 N–H and O–H groups in total. The normalized spacial score (nSPS) is 13.8. The van der Waals surface area contributed by atoms with Crippen molar-refractivity contribution in [3.05, 3.63) is 71.1 Å². The Morgan fingerprint density at radius 1 is 1.06 bits per heavy atom. The molecule has 2 aromatic carbocycles. The summed E-state index contributed by atoms with van der Waals surface area (Å²) < 4.78 is 0. The van der Waals surface area contributed by atoms with Gasteiger partial charge in [0, 0.05) is 34.9 Å². The molecular formula is C28H30ClN5O. The molecule has 0 bridgehead atoms. The van der Waals surface area contributed by atoms with E-state index < -0.39 is 0 Å². The number of aromatic amines is 1. The third kappa shape index (κ3) is 5.17. The lowest BCUT2D eigenvalue weighted by atomic mass is 10.1. The SMILES string of the molecule is CCCCc1ccc(Nc2ncnc3ccc(-c4ccc(C(=O)N5CCCCC5)[nH]4)cc23)cc1Cl. The monoisotopic (exact) mass is 487 g/mol. The van der Waals surface area contributed by atoms with Crippen molar-refractivity contribution in [2.75, 3.05) is 18.4 Å². The molecule has 35 heavy (non-hydrogen) atoms. The number of aryl methyl sites for hydroxylation is 1. The number of hydrogen-bond donors (Lipinski definition) is 2. The van der Waals surface area contributed by atoms with Crippen molar-refractivity contribution in [3.8, 4) is 11.3 Å². The molecule has 6 nitrogen and oxygen atoms in total. The van der Waals surface area contributed by atoms with Gasteiger partial charge in [0.25, 0.3) is 5.91 Å². The van der Waals surface area contributed by atoms with Crippen molar-refractivity contribution in [2.24, 2.45) is 0 Å². The lowest BCUT2D eigenvalue weighted by molar-refractivity contribution is 0.0719. The maximum absolute atomic E-state index is 12.9. The van der Waals surface area contributed by atoms with Crippen LogP contribution in [0.5, 0.6) is 0 Å². The third-order valence-electron chi connectivity index (χ3n) is 6.62. The van der Waals surface area contributed by atoms with Crippen LogP contribution in [0.2, 0.25) is 5.02 Å². The Morgan fingerprint density at radius 2 is 1.91 bits per heavy atom. The number of H-pyrrole nitrogens is 1. The van der Waals surface area contributed by atoms with E-state index in [1.54, 1.807) is 6.33 Å². The number of fused-ring (bicyclic) bond motifs is 1. The number of piperidine rings is 1. The summed E-state index contributed by atoms with van der Waals surface area (Å²) in [6, 6.07) is 15.9. The molecule has 4 aromatic rings. The van der Waals surface area contributed by atoms with Gasteiger partial charge in [-0.15, -0.1) is 0 Å². The van der Waals surface area contributed by atoms with Crippen LogP contribution in [-0.4, -0.2) is 38.8 Å². The molecular weight excluding hydrogens is 458 g/mol. The number of nitrogens with zero attached hydrogens (tertiary/aromatic N) is 3. The highest BCUT2D eigenvalue weighted by Crippen LogP contribution is 2.30. The predicted octanol–water partition coefficient (Wildman–Crippen LogP) is 6.99. The molecule has 7 heteroatoms. The Balaban J connectivity index is 1.40. The Hall–Kier alpha value is -3.38. The largest absolute Gasteiger partial charge is 0.351 e. The van der Waals surface area contributed by atoms with Gasteiger partial charge >= 0.3 is 0 Å². The number of unbranched alkanes of at least 4 members (excludes halogenated alkanes) is 1. The average molecular weight is 488 g/mol. The van der Waals surface area contributed by atoms with Crippen molar-refractivity contribution in [3.63, 3.8) is 0 Å². The van der Waals surface area contributed by atoms with E-state index in [9.17, 15) is 4.79 Å². The molecule has 1 aliphatic heterocycles. The van der Waals surface area contributed by atoms with Gasteiger partial charge in [0.05, 0.1) is 5.52 Å². The second-order valence-corrected chi connectivity index (χ2v) is 9.53. The van der Waals surface area contributed by atoms with Crippen LogP contribution in [0, 0.1) is 0 Å². The van der Waals surface area contributed by atoms with Gasteiger partial charge in [-0.25, -0.2) is 9.97 Å². The minimum atomic E-state index is 0.0710. The first kappa shape index (κ1) is 23.4. The number of anilines is 2. The topological polar surface area (TPSA) is 73.9 Å². The Kier molecular flexibility index (Phi) is 7.00. The van der Waals surface area contributed by atoms with Gasteiger partial charge in [0.2, 0.25) is 0 Å². The smallest absolute Gasteiger partial charge is 0.270 e. The molecule has 0 saturated carbocycles. The van der Waals surface area contributed by atoms with Crippen LogP contribution in [0.1, 0.15) is 55.1 Å². The molecule has 1 fully saturated rings. The van der Waals surface area contributed by atoms with E-state index in [0.29, 0.717) is 11.5 Å². The summed E-state index contributed by atoms with van der Waals surface area (Å²) >= 11 is 6.53. The molecule has 1 amide bonds. The first-order valence-electron chi connectivity index (χ1n) is 12.4. The predicted molar refractivity (Wildman–Crippen MR) is 142 cm³/mol. The fourth-order valence-corrected chi connectivity index (χ4v) is 4.89. The van der Waals surface area contributed by atoms with E-state index in [1.165, 1.54) is 6.42 Å². The first-order chi connectivity index (χ1) is 17.1. The second kappa shape index (κ2) is 10.5. The van der Waals surface area contributed by atoms with Crippen LogP contribution in [0.25, 0.3) is 22.2 Å². The highest BCUT2D eigenvalue weighted by atomic mass is 35.5. The molecule has 0 unspecified atom stereocenters. The zero-order chi connectivity index (χ0) is 24.2. The van der Waals surface area contributed by atoms with E-state index in [0.717, 1.165) is 83.6 Å². The highest BCUT2D eigenvalue weighted by Gasteiger charge is 2.19. The number of amides is 1. The molecule has 0 aliphatic carbocycles. The zero-order valence-corrected chi connectivity index (χ0v) is 20.7. The van der Waals surface area contributed by atoms with Crippen molar-refractivity contribution in [1.82, 2.24) is 19.9 Å². The number of halogens is 1. The lowest BCUT2D eigenvalue weighted by Gasteiger charge is -2.26. The third-order valence-corrected chi connectivity index (χ3v) is 6.97. The summed E-state index contributed by atoms with van der Waals surface area (Å²) in [7, 11) is 0. The summed E-state index contributed by atoms with van der Waals surface area (Å²) in [6.07, 6.45) is 8.15. The quantitative estimate of drug-likeness (QED) is 0.294. The van der Waals surface area contributed by atoms with Gasteiger partial charge in [-0.1, -0.05) is 37.1 Å². The highest BCUT2D eigenvalue weighted by molar-refractivity contribution is 6.31. The molecule has 180 valence electrons. The van der Waals surface area contributed by atoms with Gasteiger partial charge < -0.3 is 15.2 Å². The van der Waals surface area contributed by atoms with E-state index in [2.05, 4.69) is 39.3 Å². The number of benzene rings is 2. The number of hydrogen-bond acceptors (Lipinski definition) is 4. The van der Waals surface area contributed by atoms with Gasteiger partial charge in [-0.2, -0.15) is 0 Å². The number of aromatic nitrogens is 3. The lowest BCUT2D eigenvalue weighted by Crippen LogP contribution is -2.35. The fraction of sp³-hybridized carbons (Fsp3) is 0.321. The van der Waals surface area contributed by atoms with Crippen LogP contribution < -0.4 is 5.32 Å². The van der Waals surface area contributed by atoms with Gasteiger partial charge in [-0.05, 0) is 79.6 Å². The van der Waals surface area contributed by atoms with Crippen LogP contribution >= 0.6 is 11.6 Å². The molecule has 0 spiro atoms.